The topological polar surface area (TPSA) is 73.6 Å². The zero-order chi connectivity index (χ0) is 26.0. The van der Waals surface area contributed by atoms with E-state index >= 15 is 0 Å². The van der Waals surface area contributed by atoms with Gasteiger partial charge in [0.2, 0.25) is 0 Å². The van der Waals surface area contributed by atoms with Gasteiger partial charge in [0.05, 0.1) is 16.5 Å². The lowest BCUT2D eigenvalue weighted by molar-refractivity contribution is -0.132. The second kappa shape index (κ2) is 8.98. The molecule has 1 saturated carbocycles. The van der Waals surface area contributed by atoms with Crippen LogP contribution in [-0.2, 0) is 4.79 Å². The summed E-state index contributed by atoms with van der Waals surface area (Å²) < 4.78 is 10.2. The third-order valence-corrected chi connectivity index (χ3v) is 11.4. The summed E-state index contributed by atoms with van der Waals surface area (Å²) in [5.74, 6) is 0.231. The van der Waals surface area contributed by atoms with Crippen molar-refractivity contribution in [3.05, 3.63) is 70.6 Å². The Kier molecular flexibility index (Phi) is 5.55. The second-order valence-corrected chi connectivity index (χ2v) is 12.9. The van der Waals surface area contributed by atoms with Gasteiger partial charge in [-0.05, 0) is 78.6 Å². The molecule has 2 unspecified atom stereocenters. The first-order chi connectivity index (χ1) is 18.5. The van der Waals surface area contributed by atoms with E-state index in [1.165, 1.54) is 62.1 Å². The Balaban J connectivity index is 1.26. The molecule has 0 amide bonds. The molecule has 2 aromatic carbocycles. The normalized spacial score (nSPS) is 18.6. The highest BCUT2D eigenvalue weighted by Gasteiger charge is 2.42. The number of hydrogen-bond donors (Lipinski definition) is 1. The highest BCUT2D eigenvalue weighted by molar-refractivity contribution is 7.39. The van der Waals surface area contributed by atoms with Gasteiger partial charge < -0.3 is 14.7 Å². The van der Waals surface area contributed by atoms with Crippen molar-refractivity contribution in [2.24, 2.45) is 0 Å². The standard InChI is InChI=1S/C30H22N2O3S3/c1-35-19-8-6-18(7-9-19)32-23-4-2-3-21(23)22-12-16(5-10-24(22)32)25-14-27-29(38-25)28-26(37-27)13-20(36-28)11-17(15-31)30(33)34/h5-14,21,23H,2-4H2,1H3,(H,33,34)/b17-11-. The Morgan fingerprint density at radius 2 is 1.84 bits per heavy atom. The van der Waals surface area contributed by atoms with E-state index < -0.39 is 5.97 Å². The van der Waals surface area contributed by atoms with Crippen LogP contribution in [0.4, 0.5) is 11.4 Å². The van der Waals surface area contributed by atoms with Crippen molar-refractivity contribution in [1.82, 2.24) is 0 Å². The molecule has 2 aliphatic rings. The molecule has 0 saturated heterocycles. The van der Waals surface area contributed by atoms with Gasteiger partial charge in [-0.3, -0.25) is 0 Å². The summed E-state index contributed by atoms with van der Waals surface area (Å²) in [5.41, 5.74) is 4.99. The van der Waals surface area contributed by atoms with Crippen LogP contribution in [0.5, 0.6) is 5.75 Å². The Hall–Kier alpha value is -3.64. The first-order valence-corrected chi connectivity index (χ1v) is 14.9. The molecule has 7 rings (SSSR count). The fourth-order valence-electron chi connectivity index (χ4n) is 5.94. The predicted molar refractivity (Wildman–Crippen MR) is 157 cm³/mol. The monoisotopic (exact) mass is 554 g/mol. The van der Waals surface area contributed by atoms with E-state index in [1.807, 2.05) is 18.2 Å². The van der Waals surface area contributed by atoms with Gasteiger partial charge in [0.1, 0.15) is 17.4 Å². The number of nitrogens with zero attached hydrogens (tertiary/aromatic N) is 2. The molecule has 0 spiro atoms. The molecule has 3 aromatic heterocycles. The van der Waals surface area contributed by atoms with Crippen molar-refractivity contribution in [2.75, 3.05) is 12.0 Å². The minimum atomic E-state index is -1.19. The zero-order valence-electron chi connectivity index (χ0n) is 20.4. The number of hydrogen-bond acceptors (Lipinski definition) is 7. The number of ether oxygens (including phenoxy) is 1. The summed E-state index contributed by atoms with van der Waals surface area (Å²) in [7, 11) is 1.70. The molecule has 38 heavy (non-hydrogen) atoms. The zero-order valence-corrected chi connectivity index (χ0v) is 22.9. The summed E-state index contributed by atoms with van der Waals surface area (Å²) in [6.45, 7) is 0. The summed E-state index contributed by atoms with van der Waals surface area (Å²) in [6, 6.07) is 21.9. The van der Waals surface area contributed by atoms with Crippen LogP contribution in [0.3, 0.4) is 0 Å². The minimum absolute atomic E-state index is 0.242. The maximum Gasteiger partial charge on any atom is 0.346 e. The Morgan fingerprint density at radius 1 is 1.05 bits per heavy atom. The van der Waals surface area contributed by atoms with E-state index in [-0.39, 0.29) is 5.57 Å². The van der Waals surface area contributed by atoms with Crippen LogP contribution < -0.4 is 9.64 Å². The first kappa shape index (κ1) is 23.5. The predicted octanol–water partition coefficient (Wildman–Crippen LogP) is 8.63. The lowest BCUT2D eigenvalue weighted by Gasteiger charge is -2.27. The lowest BCUT2D eigenvalue weighted by atomic mass is 9.95. The highest BCUT2D eigenvalue weighted by atomic mass is 32.1. The molecule has 4 heterocycles. The molecular formula is C30H22N2O3S3. The first-order valence-electron chi connectivity index (χ1n) is 12.4. The molecule has 5 nitrogen and oxygen atoms in total. The van der Waals surface area contributed by atoms with Gasteiger partial charge in [-0.25, -0.2) is 4.79 Å². The maximum absolute atomic E-state index is 11.2. The van der Waals surface area contributed by atoms with Crippen LogP contribution in [0.1, 0.15) is 35.6 Å². The summed E-state index contributed by atoms with van der Waals surface area (Å²) in [4.78, 5) is 15.8. The fourth-order valence-corrected chi connectivity index (χ4v) is 9.91. The summed E-state index contributed by atoms with van der Waals surface area (Å²) in [5, 5.41) is 18.3. The molecule has 188 valence electrons. The molecule has 1 N–H and O–H groups in total. The summed E-state index contributed by atoms with van der Waals surface area (Å²) in [6.07, 6.45) is 5.15. The number of rotatable bonds is 5. The van der Waals surface area contributed by atoms with Crippen molar-refractivity contribution in [2.45, 2.75) is 31.2 Å². The van der Waals surface area contributed by atoms with Crippen molar-refractivity contribution in [3.63, 3.8) is 0 Å². The van der Waals surface area contributed by atoms with Crippen LogP contribution >= 0.6 is 34.0 Å². The number of thiophene rings is 3. The quantitative estimate of drug-likeness (QED) is 0.174. The SMILES string of the molecule is COc1ccc(N2c3ccc(-c4cc5sc6cc(/C=C(/C#N)C(=O)O)sc6c5s4)cc3C3CCCC32)cc1. The number of carbonyl (C=O) groups is 1. The second-order valence-electron chi connectivity index (χ2n) is 9.67. The van der Waals surface area contributed by atoms with E-state index in [0.717, 1.165) is 20.0 Å². The number of methoxy groups -OCH3 is 1. The number of fused-ring (bicyclic) bond motifs is 6. The molecule has 1 aliphatic carbocycles. The van der Waals surface area contributed by atoms with Crippen molar-refractivity contribution >= 4 is 76.2 Å². The fraction of sp³-hybridized carbons (Fsp3) is 0.200. The van der Waals surface area contributed by atoms with Gasteiger partial charge in [0.15, 0.2) is 0 Å². The van der Waals surface area contributed by atoms with Crippen LogP contribution in [-0.4, -0.2) is 24.2 Å². The van der Waals surface area contributed by atoms with E-state index in [1.54, 1.807) is 47.2 Å². The van der Waals surface area contributed by atoms with Crippen LogP contribution in [0, 0.1) is 11.3 Å². The minimum Gasteiger partial charge on any atom is -0.497 e. The van der Waals surface area contributed by atoms with Gasteiger partial charge in [-0.15, -0.1) is 34.0 Å². The van der Waals surface area contributed by atoms with Crippen molar-refractivity contribution in [3.8, 4) is 22.3 Å². The van der Waals surface area contributed by atoms with Crippen LogP contribution in [0.15, 0.2) is 60.2 Å². The van der Waals surface area contributed by atoms with Crippen LogP contribution in [0.25, 0.3) is 35.3 Å². The molecular weight excluding hydrogens is 533 g/mol. The lowest BCUT2D eigenvalue weighted by Crippen LogP contribution is -2.26. The van der Waals surface area contributed by atoms with E-state index in [2.05, 4.69) is 41.3 Å². The molecule has 1 aliphatic heterocycles. The third-order valence-electron chi connectivity index (χ3n) is 7.61. The van der Waals surface area contributed by atoms with Gasteiger partial charge in [0, 0.05) is 42.5 Å². The molecule has 5 aromatic rings. The molecule has 0 radical (unpaired) electrons. The van der Waals surface area contributed by atoms with Gasteiger partial charge >= 0.3 is 5.97 Å². The number of anilines is 2. The van der Waals surface area contributed by atoms with Gasteiger partial charge in [0.25, 0.3) is 0 Å². The largest absolute Gasteiger partial charge is 0.497 e. The smallest absolute Gasteiger partial charge is 0.346 e. The van der Waals surface area contributed by atoms with Gasteiger partial charge in [-0.2, -0.15) is 5.26 Å². The average molecular weight is 555 g/mol. The molecule has 0 bridgehead atoms. The highest BCUT2D eigenvalue weighted by Crippen LogP contribution is 2.54. The van der Waals surface area contributed by atoms with Gasteiger partial charge in [-0.1, -0.05) is 12.5 Å². The average Bonchev–Trinajstić information content (AvgIpc) is 3.72. The van der Waals surface area contributed by atoms with Crippen molar-refractivity contribution < 1.29 is 14.6 Å². The van der Waals surface area contributed by atoms with Crippen molar-refractivity contribution in [1.29, 1.82) is 5.26 Å². The summed E-state index contributed by atoms with van der Waals surface area (Å²) >= 11 is 5.07. The maximum atomic E-state index is 11.2. The van der Waals surface area contributed by atoms with E-state index in [4.69, 9.17) is 10.00 Å². The Labute approximate surface area is 231 Å². The van der Waals surface area contributed by atoms with E-state index in [9.17, 15) is 9.90 Å². The van der Waals surface area contributed by atoms with E-state index in [0.29, 0.717) is 12.0 Å². The number of carboxylic acids is 1. The third kappa shape index (κ3) is 3.65. The number of aliphatic carboxylic acids is 1. The Bertz CT molecular complexity index is 1800. The van der Waals surface area contributed by atoms with Crippen LogP contribution in [0.2, 0.25) is 0 Å². The molecule has 1 fully saturated rings. The number of benzene rings is 2. The number of carboxylic acid groups (broad SMARTS) is 1. The Morgan fingerprint density at radius 3 is 2.61 bits per heavy atom. The number of nitriles is 1. The molecule has 8 heteroatoms. The molecule has 2 atom stereocenters.